The summed E-state index contributed by atoms with van der Waals surface area (Å²) in [5.74, 6) is 0. The molecule has 0 aliphatic carbocycles. The molecule has 0 aliphatic heterocycles. The third-order valence-electron chi connectivity index (χ3n) is 0.917. The molecular weight excluding hydrogens is 88.1 g/mol. The van der Waals surface area contributed by atoms with E-state index < -0.39 is 0 Å². The average molecular weight is 102 g/mol. The highest BCUT2D eigenvalue weighted by atomic mass is 15.1. The Bertz CT molecular complexity index is 37.1. The molecule has 0 unspecified atom stereocenters. The number of hydrogen-bond donors (Lipinski definition) is 1. The van der Waals surface area contributed by atoms with Crippen molar-refractivity contribution >= 4 is 0 Å². The molecule has 0 spiro atoms. The molecule has 0 fully saturated rings. The predicted octanol–water partition coefficient (Wildman–Crippen LogP) is 0.244. The first-order valence-electron chi connectivity index (χ1n) is 2.70. The van der Waals surface area contributed by atoms with Crippen molar-refractivity contribution in [1.29, 1.82) is 0 Å². The van der Waals surface area contributed by atoms with Crippen LogP contribution in [0.15, 0.2) is 0 Å². The predicted molar refractivity (Wildman–Crippen MR) is 32.0 cm³/mol. The summed E-state index contributed by atoms with van der Waals surface area (Å²) in [4.78, 5) is 2.08. The molecule has 0 aliphatic rings. The molecule has 0 saturated carbocycles. The van der Waals surface area contributed by atoms with Gasteiger partial charge in [-0.15, -0.1) is 0 Å². The number of nitrogens with two attached hydrogens (primary N) is 1. The lowest BCUT2D eigenvalue weighted by Crippen LogP contribution is -2.25. The molecule has 2 N–H and O–H groups in total. The van der Waals surface area contributed by atoms with Gasteiger partial charge in [0.15, 0.2) is 0 Å². The third kappa shape index (κ3) is 3.76. The van der Waals surface area contributed by atoms with Crippen molar-refractivity contribution in [2.24, 2.45) is 5.73 Å². The van der Waals surface area contributed by atoms with Crippen molar-refractivity contribution < 1.29 is 0 Å². The van der Waals surface area contributed by atoms with Gasteiger partial charge in [-0.3, -0.25) is 4.90 Å². The van der Waals surface area contributed by atoms with Crippen LogP contribution in [-0.2, 0) is 0 Å². The summed E-state index contributed by atoms with van der Waals surface area (Å²) in [5.41, 5.74) is 5.28. The van der Waals surface area contributed by atoms with Crippen molar-refractivity contribution in [2.75, 3.05) is 20.3 Å². The topological polar surface area (TPSA) is 29.3 Å². The molecule has 2 nitrogen and oxygen atoms in total. The van der Waals surface area contributed by atoms with Gasteiger partial charge in [-0.2, -0.15) is 0 Å². The van der Waals surface area contributed by atoms with Gasteiger partial charge in [-0.1, -0.05) is 6.92 Å². The SMILES string of the molecule is CCCN(C)CN. The van der Waals surface area contributed by atoms with Gasteiger partial charge in [-0.25, -0.2) is 0 Å². The summed E-state index contributed by atoms with van der Waals surface area (Å²) in [6.07, 6.45) is 1.19. The smallest absolute Gasteiger partial charge is 0.0452 e. The summed E-state index contributed by atoms with van der Waals surface area (Å²) in [7, 11) is 2.02. The zero-order valence-corrected chi connectivity index (χ0v) is 5.15. The molecule has 2 heteroatoms. The monoisotopic (exact) mass is 102 g/mol. The summed E-state index contributed by atoms with van der Waals surface area (Å²) < 4.78 is 0. The van der Waals surface area contributed by atoms with Gasteiger partial charge < -0.3 is 5.73 Å². The summed E-state index contributed by atoms with van der Waals surface area (Å²) in [5, 5.41) is 0. The van der Waals surface area contributed by atoms with E-state index in [4.69, 9.17) is 5.73 Å². The minimum atomic E-state index is 0.674. The van der Waals surface area contributed by atoms with Crippen LogP contribution in [0.25, 0.3) is 0 Å². The highest BCUT2D eigenvalue weighted by Gasteiger charge is 1.86. The first-order chi connectivity index (χ1) is 3.31. The lowest BCUT2D eigenvalue weighted by molar-refractivity contribution is 0.345. The van der Waals surface area contributed by atoms with Gasteiger partial charge >= 0.3 is 0 Å². The second-order valence-corrected chi connectivity index (χ2v) is 1.76. The van der Waals surface area contributed by atoms with Crippen LogP contribution in [0.2, 0.25) is 0 Å². The van der Waals surface area contributed by atoms with E-state index in [2.05, 4.69) is 11.8 Å². The normalized spacial score (nSPS) is 10.3. The van der Waals surface area contributed by atoms with Crippen LogP contribution in [0.1, 0.15) is 13.3 Å². The van der Waals surface area contributed by atoms with E-state index in [1.54, 1.807) is 0 Å². The molecular formula is C5H14N2. The third-order valence-corrected chi connectivity index (χ3v) is 0.917. The van der Waals surface area contributed by atoms with Crippen LogP contribution in [-0.4, -0.2) is 25.2 Å². The molecule has 0 radical (unpaired) electrons. The van der Waals surface area contributed by atoms with Gasteiger partial charge in [0.25, 0.3) is 0 Å². The molecule has 0 heterocycles. The van der Waals surface area contributed by atoms with Crippen molar-refractivity contribution in [2.45, 2.75) is 13.3 Å². The summed E-state index contributed by atoms with van der Waals surface area (Å²) >= 11 is 0. The summed E-state index contributed by atoms with van der Waals surface area (Å²) in [6.45, 7) is 3.93. The lowest BCUT2D eigenvalue weighted by atomic mass is 10.5. The van der Waals surface area contributed by atoms with E-state index in [-0.39, 0.29) is 0 Å². The van der Waals surface area contributed by atoms with E-state index in [1.165, 1.54) is 6.42 Å². The molecule has 0 saturated heterocycles. The van der Waals surface area contributed by atoms with Crippen LogP contribution < -0.4 is 5.73 Å². The maximum absolute atomic E-state index is 5.28. The van der Waals surface area contributed by atoms with Gasteiger partial charge in [0.1, 0.15) is 0 Å². The van der Waals surface area contributed by atoms with Gasteiger partial charge in [-0.05, 0) is 20.0 Å². The molecule has 0 aromatic rings. The van der Waals surface area contributed by atoms with Crippen molar-refractivity contribution in [1.82, 2.24) is 4.90 Å². The second-order valence-electron chi connectivity index (χ2n) is 1.76. The Morgan fingerprint density at radius 1 is 1.57 bits per heavy atom. The van der Waals surface area contributed by atoms with Crippen LogP contribution in [0.5, 0.6) is 0 Å². The van der Waals surface area contributed by atoms with Crippen molar-refractivity contribution in [3.8, 4) is 0 Å². The van der Waals surface area contributed by atoms with Gasteiger partial charge in [0.05, 0.1) is 0 Å². The minimum Gasteiger partial charge on any atom is -0.318 e. The maximum atomic E-state index is 5.28. The zero-order chi connectivity index (χ0) is 5.70. The van der Waals surface area contributed by atoms with E-state index in [0.717, 1.165) is 6.54 Å². The molecule has 0 rings (SSSR count). The Morgan fingerprint density at radius 3 is 2.29 bits per heavy atom. The first kappa shape index (κ1) is 6.92. The highest BCUT2D eigenvalue weighted by Crippen LogP contribution is 1.79. The highest BCUT2D eigenvalue weighted by molar-refractivity contribution is 4.40. The Kier molecular flexibility index (Phi) is 4.04. The van der Waals surface area contributed by atoms with E-state index in [9.17, 15) is 0 Å². The maximum Gasteiger partial charge on any atom is 0.0452 e. The van der Waals surface area contributed by atoms with Gasteiger partial charge in [0.2, 0.25) is 0 Å². The molecule has 0 aromatic carbocycles. The van der Waals surface area contributed by atoms with Gasteiger partial charge in [0, 0.05) is 6.67 Å². The zero-order valence-electron chi connectivity index (χ0n) is 5.15. The number of rotatable bonds is 3. The molecule has 44 valence electrons. The molecule has 0 atom stereocenters. The Labute approximate surface area is 45.3 Å². The van der Waals surface area contributed by atoms with Crippen molar-refractivity contribution in [3.63, 3.8) is 0 Å². The molecule has 0 amide bonds. The second kappa shape index (κ2) is 4.09. The standard InChI is InChI=1S/C5H14N2/c1-3-4-7(2)5-6/h3-6H2,1-2H3. The fourth-order valence-corrected chi connectivity index (χ4v) is 0.473. The molecule has 0 aromatic heterocycles. The van der Waals surface area contributed by atoms with E-state index in [1.807, 2.05) is 7.05 Å². The van der Waals surface area contributed by atoms with Crippen LogP contribution in [0.4, 0.5) is 0 Å². The largest absolute Gasteiger partial charge is 0.318 e. The Morgan fingerprint density at radius 2 is 2.14 bits per heavy atom. The van der Waals surface area contributed by atoms with Crippen molar-refractivity contribution in [3.05, 3.63) is 0 Å². The quantitative estimate of drug-likeness (QED) is 0.517. The first-order valence-corrected chi connectivity index (χ1v) is 2.70. The minimum absolute atomic E-state index is 0.674. The Hall–Kier alpha value is -0.0800. The number of hydrogen-bond acceptors (Lipinski definition) is 2. The average Bonchev–Trinajstić information content (AvgIpc) is 1.68. The fourth-order valence-electron chi connectivity index (χ4n) is 0.473. The summed E-state index contributed by atoms with van der Waals surface area (Å²) in [6, 6.07) is 0. The molecule has 7 heavy (non-hydrogen) atoms. The molecule has 0 bridgehead atoms. The van der Waals surface area contributed by atoms with E-state index >= 15 is 0 Å². The van der Waals surface area contributed by atoms with Crippen LogP contribution >= 0.6 is 0 Å². The fraction of sp³-hybridized carbons (Fsp3) is 1.00. The number of nitrogens with zero attached hydrogens (tertiary/aromatic N) is 1. The van der Waals surface area contributed by atoms with Crippen LogP contribution in [0, 0.1) is 0 Å². The van der Waals surface area contributed by atoms with E-state index in [0.29, 0.717) is 6.67 Å². The lowest BCUT2D eigenvalue weighted by Gasteiger charge is -2.09. The van der Waals surface area contributed by atoms with Crippen LogP contribution in [0.3, 0.4) is 0 Å². The Balaban J connectivity index is 2.83.